The van der Waals surface area contributed by atoms with Crippen molar-refractivity contribution >= 4 is 17.5 Å². The van der Waals surface area contributed by atoms with Gasteiger partial charge in [-0.25, -0.2) is 4.39 Å². The highest BCUT2D eigenvalue weighted by Crippen LogP contribution is 2.20. The van der Waals surface area contributed by atoms with E-state index < -0.39 is 5.82 Å². The molecule has 1 N–H and O–H groups in total. The van der Waals surface area contributed by atoms with Crippen molar-refractivity contribution in [3.63, 3.8) is 0 Å². The SMILES string of the molecule is O=C(c1ccc(F)cc1Cl)N1CCN(CCCCO)CC1. The molecule has 1 aliphatic rings. The van der Waals surface area contributed by atoms with E-state index in [1.54, 1.807) is 4.90 Å². The highest BCUT2D eigenvalue weighted by atomic mass is 35.5. The summed E-state index contributed by atoms with van der Waals surface area (Å²) in [4.78, 5) is 16.4. The van der Waals surface area contributed by atoms with Crippen LogP contribution < -0.4 is 0 Å². The van der Waals surface area contributed by atoms with E-state index in [4.69, 9.17) is 16.7 Å². The zero-order chi connectivity index (χ0) is 15.2. The molecule has 21 heavy (non-hydrogen) atoms. The molecule has 0 spiro atoms. The molecule has 1 aromatic carbocycles. The zero-order valence-corrected chi connectivity index (χ0v) is 12.7. The molecule has 0 atom stereocenters. The highest BCUT2D eigenvalue weighted by molar-refractivity contribution is 6.33. The van der Waals surface area contributed by atoms with E-state index in [1.807, 2.05) is 0 Å². The maximum Gasteiger partial charge on any atom is 0.255 e. The molecule has 1 saturated heterocycles. The number of carbonyl (C=O) groups excluding carboxylic acids is 1. The second-order valence-electron chi connectivity index (χ2n) is 5.19. The molecule has 1 aliphatic heterocycles. The van der Waals surface area contributed by atoms with Crippen LogP contribution in [0.2, 0.25) is 5.02 Å². The molecule has 0 aromatic heterocycles. The molecule has 1 amide bonds. The van der Waals surface area contributed by atoms with Gasteiger partial charge in [0.05, 0.1) is 10.6 Å². The van der Waals surface area contributed by atoms with Crippen LogP contribution in [0.3, 0.4) is 0 Å². The molecule has 4 nitrogen and oxygen atoms in total. The zero-order valence-electron chi connectivity index (χ0n) is 11.9. The van der Waals surface area contributed by atoms with Crippen molar-refractivity contribution in [1.82, 2.24) is 9.80 Å². The van der Waals surface area contributed by atoms with Gasteiger partial charge in [0, 0.05) is 32.8 Å². The fourth-order valence-corrected chi connectivity index (χ4v) is 2.70. The third-order valence-electron chi connectivity index (χ3n) is 3.70. The van der Waals surface area contributed by atoms with Crippen LogP contribution in [0, 0.1) is 5.82 Å². The minimum atomic E-state index is -0.440. The highest BCUT2D eigenvalue weighted by Gasteiger charge is 2.23. The van der Waals surface area contributed by atoms with Crippen molar-refractivity contribution in [3.8, 4) is 0 Å². The van der Waals surface area contributed by atoms with Crippen molar-refractivity contribution in [3.05, 3.63) is 34.6 Å². The summed E-state index contributed by atoms with van der Waals surface area (Å²) in [6.07, 6.45) is 1.78. The first kappa shape index (κ1) is 16.2. The second-order valence-corrected chi connectivity index (χ2v) is 5.60. The summed E-state index contributed by atoms with van der Waals surface area (Å²) in [5.41, 5.74) is 0.354. The first-order chi connectivity index (χ1) is 10.1. The third-order valence-corrected chi connectivity index (χ3v) is 4.02. The number of benzene rings is 1. The van der Waals surface area contributed by atoms with Gasteiger partial charge in [-0.2, -0.15) is 0 Å². The maximum absolute atomic E-state index is 13.0. The molecular formula is C15H20ClFN2O2. The maximum atomic E-state index is 13.0. The Balaban J connectivity index is 1.88. The van der Waals surface area contributed by atoms with E-state index in [0.717, 1.165) is 32.5 Å². The number of hydrogen-bond acceptors (Lipinski definition) is 3. The standard InChI is InChI=1S/C15H20ClFN2O2/c16-14-11-12(17)3-4-13(14)15(21)19-8-6-18(7-9-19)5-1-2-10-20/h3-4,11,20H,1-2,5-10H2. The van der Waals surface area contributed by atoms with E-state index in [9.17, 15) is 9.18 Å². The fourth-order valence-electron chi connectivity index (χ4n) is 2.46. The molecule has 2 rings (SSSR count). The van der Waals surface area contributed by atoms with Crippen molar-refractivity contribution in [1.29, 1.82) is 0 Å². The Hall–Kier alpha value is -1.17. The molecule has 1 fully saturated rings. The van der Waals surface area contributed by atoms with Crippen LogP contribution in [0.5, 0.6) is 0 Å². The molecular weight excluding hydrogens is 295 g/mol. The Morgan fingerprint density at radius 1 is 1.24 bits per heavy atom. The predicted octanol–water partition coefficient (Wildman–Crippen LogP) is 2.01. The van der Waals surface area contributed by atoms with Gasteiger partial charge >= 0.3 is 0 Å². The number of carbonyl (C=O) groups is 1. The van der Waals surface area contributed by atoms with Crippen LogP contribution in [-0.2, 0) is 0 Å². The molecule has 0 saturated carbocycles. The lowest BCUT2D eigenvalue weighted by molar-refractivity contribution is 0.0634. The first-order valence-electron chi connectivity index (χ1n) is 7.19. The number of piperazine rings is 1. The number of nitrogens with zero attached hydrogens (tertiary/aromatic N) is 2. The first-order valence-corrected chi connectivity index (χ1v) is 7.57. The van der Waals surface area contributed by atoms with E-state index in [-0.39, 0.29) is 17.5 Å². The number of unbranched alkanes of at least 4 members (excludes halogenated alkanes) is 1. The lowest BCUT2D eigenvalue weighted by atomic mass is 10.1. The van der Waals surface area contributed by atoms with Gasteiger partial charge in [-0.05, 0) is 37.6 Å². The van der Waals surface area contributed by atoms with Crippen molar-refractivity contribution < 1.29 is 14.3 Å². The van der Waals surface area contributed by atoms with Gasteiger partial charge in [0.25, 0.3) is 5.91 Å². The van der Waals surface area contributed by atoms with Gasteiger partial charge in [0.15, 0.2) is 0 Å². The van der Waals surface area contributed by atoms with Crippen LogP contribution in [0.15, 0.2) is 18.2 Å². The molecule has 0 aliphatic carbocycles. The lowest BCUT2D eigenvalue weighted by Gasteiger charge is -2.34. The summed E-state index contributed by atoms with van der Waals surface area (Å²) in [5.74, 6) is -0.583. The van der Waals surface area contributed by atoms with Gasteiger partial charge in [-0.1, -0.05) is 11.6 Å². The Bertz CT molecular complexity index is 491. The number of aliphatic hydroxyl groups excluding tert-OH is 1. The van der Waals surface area contributed by atoms with Gasteiger partial charge in [0.1, 0.15) is 5.82 Å². The minimum Gasteiger partial charge on any atom is -0.396 e. The van der Waals surface area contributed by atoms with Gasteiger partial charge < -0.3 is 10.0 Å². The smallest absolute Gasteiger partial charge is 0.255 e. The Morgan fingerprint density at radius 3 is 2.57 bits per heavy atom. The van der Waals surface area contributed by atoms with Crippen LogP contribution >= 0.6 is 11.6 Å². The predicted molar refractivity (Wildman–Crippen MR) is 80.1 cm³/mol. The van der Waals surface area contributed by atoms with Crippen molar-refractivity contribution in [2.45, 2.75) is 12.8 Å². The van der Waals surface area contributed by atoms with Crippen molar-refractivity contribution in [2.75, 3.05) is 39.3 Å². The van der Waals surface area contributed by atoms with Crippen LogP contribution in [0.1, 0.15) is 23.2 Å². The quantitative estimate of drug-likeness (QED) is 0.846. The van der Waals surface area contributed by atoms with Crippen molar-refractivity contribution in [2.24, 2.45) is 0 Å². The number of hydrogen-bond donors (Lipinski definition) is 1. The molecule has 0 unspecified atom stereocenters. The van der Waals surface area contributed by atoms with Crippen LogP contribution in [-0.4, -0.2) is 60.1 Å². The normalized spacial score (nSPS) is 16.2. The summed E-state index contributed by atoms with van der Waals surface area (Å²) in [6.45, 7) is 4.09. The topological polar surface area (TPSA) is 43.8 Å². The van der Waals surface area contributed by atoms with E-state index in [2.05, 4.69) is 4.90 Å². The molecule has 0 radical (unpaired) electrons. The molecule has 0 bridgehead atoms. The summed E-state index contributed by atoms with van der Waals surface area (Å²) in [6, 6.07) is 3.86. The van der Waals surface area contributed by atoms with Crippen LogP contribution in [0.4, 0.5) is 4.39 Å². The number of amides is 1. The minimum absolute atomic E-state index is 0.144. The molecule has 6 heteroatoms. The summed E-state index contributed by atoms with van der Waals surface area (Å²) in [7, 11) is 0. The summed E-state index contributed by atoms with van der Waals surface area (Å²) < 4.78 is 13.0. The lowest BCUT2D eigenvalue weighted by Crippen LogP contribution is -2.48. The Morgan fingerprint density at radius 2 is 1.95 bits per heavy atom. The Labute approximate surface area is 129 Å². The number of halogens is 2. The van der Waals surface area contributed by atoms with Gasteiger partial charge in [-0.3, -0.25) is 9.69 Å². The average molecular weight is 315 g/mol. The van der Waals surface area contributed by atoms with Gasteiger partial charge in [-0.15, -0.1) is 0 Å². The summed E-state index contributed by atoms with van der Waals surface area (Å²) in [5, 5.41) is 8.93. The fraction of sp³-hybridized carbons (Fsp3) is 0.533. The largest absolute Gasteiger partial charge is 0.396 e. The van der Waals surface area contributed by atoms with Crippen LogP contribution in [0.25, 0.3) is 0 Å². The van der Waals surface area contributed by atoms with Gasteiger partial charge in [0.2, 0.25) is 0 Å². The molecule has 1 aromatic rings. The van der Waals surface area contributed by atoms with E-state index >= 15 is 0 Å². The van der Waals surface area contributed by atoms with E-state index in [0.29, 0.717) is 18.7 Å². The average Bonchev–Trinajstić information content (AvgIpc) is 2.48. The monoisotopic (exact) mass is 314 g/mol. The third kappa shape index (κ3) is 4.40. The number of rotatable bonds is 5. The van der Waals surface area contributed by atoms with E-state index in [1.165, 1.54) is 18.2 Å². The Kier molecular flexibility index (Phi) is 5.96. The second kappa shape index (κ2) is 7.73. The number of aliphatic hydroxyl groups is 1. The molecule has 1 heterocycles. The molecule has 116 valence electrons. The summed E-state index contributed by atoms with van der Waals surface area (Å²) >= 11 is 5.94.